The van der Waals surface area contributed by atoms with Gasteiger partial charge in [0.05, 0.1) is 0 Å². The maximum Gasteiger partial charge on any atom is 0.139 e. The van der Waals surface area contributed by atoms with Crippen LogP contribution in [0.1, 0.15) is 24.0 Å². The number of hydrogen-bond donors (Lipinski definition) is 3. The standard InChI is InChI=1S/C12H19N3O/c1-10-4-6-11(7-5-10)9-14-8-2-3-12(13)15-16/h4-7,14,16H,2-3,8-9H2,1H3,(H2,13,15). The molecule has 0 spiro atoms. The SMILES string of the molecule is Cc1ccc(CNCCCC(N)=NO)cc1. The zero-order valence-corrected chi connectivity index (χ0v) is 9.61. The molecule has 0 unspecified atom stereocenters. The van der Waals surface area contributed by atoms with E-state index in [4.69, 9.17) is 10.9 Å². The van der Waals surface area contributed by atoms with Crippen LogP contribution in [0.25, 0.3) is 0 Å². The highest BCUT2D eigenvalue weighted by molar-refractivity contribution is 5.79. The molecule has 0 amide bonds. The van der Waals surface area contributed by atoms with Crippen molar-refractivity contribution in [3.05, 3.63) is 35.4 Å². The molecule has 0 aliphatic carbocycles. The topological polar surface area (TPSA) is 70.6 Å². The van der Waals surface area contributed by atoms with Gasteiger partial charge in [-0.2, -0.15) is 0 Å². The van der Waals surface area contributed by atoms with Gasteiger partial charge in [-0.05, 0) is 25.5 Å². The van der Waals surface area contributed by atoms with E-state index in [9.17, 15) is 0 Å². The van der Waals surface area contributed by atoms with Crippen LogP contribution in [0.4, 0.5) is 0 Å². The Balaban J connectivity index is 2.14. The zero-order valence-electron chi connectivity index (χ0n) is 9.61. The number of benzene rings is 1. The van der Waals surface area contributed by atoms with E-state index in [-0.39, 0.29) is 5.84 Å². The number of nitrogens with zero attached hydrogens (tertiary/aromatic N) is 1. The molecule has 88 valence electrons. The van der Waals surface area contributed by atoms with E-state index in [1.807, 2.05) is 0 Å². The fourth-order valence-electron chi connectivity index (χ4n) is 1.38. The Morgan fingerprint density at radius 1 is 1.38 bits per heavy atom. The van der Waals surface area contributed by atoms with E-state index in [1.165, 1.54) is 11.1 Å². The maximum atomic E-state index is 8.34. The summed E-state index contributed by atoms with van der Waals surface area (Å²) in [4.78, 5) is 0. The van der Waals surface area contributed by atoms with Crippen molar-refractivity contribution >= 4 is 5.84 Å². The second-order valence-corrected chi connectivity index (χ2v) is 3.86. The van der Waals surface area contributed by atoms with Gasteiger partial charge in [0.25, 0.3) is 0 Å². The van der Waals surface area contributed by atoms with Gasteiger partial charge in [0, 0.05) is 13.0 Å². The minimum Gasteiger partial charge on any atom is -0.409 e. The summed E-state index contributed by atoms with van der Waals surface area (Å²) in [6.45, 7) is 3.80. The first-order chi connectivity index (χ1) is 7.72. The zero-order chi connectivity index (χ0) is 11.8. The summed E-state index contributed by atoms with van der Waals surface area (Å²) in [5, 5.41) is 14.6. The lowest BCUT2D eigenvalue weighted by Crippen LogP contribution is -2.18. The average molecular weight is 221 g/mol. The first kappa shape index (κ1) is 12.5. The molecular formula is C12H19N3O. The first-order valence-electron chi connectivity index (χ1n) is 5.45. The molecule has 4 heteroatoms. The summed E-state index contributed by atoms with van der Waals surface area (Å²) in [5.74, 6) is 0.289. The smallest absolute Gasteiger partial charge is 0.139 e. The predicted molar refractivity (Wildman–Crippen MR) is 65.5 cm³/mol. The normalized spacial score (nSPS) is 11.7. The van der Waals surface area contributed by atoms with Crippen LogP contribution in [-0.4, -0.2) is 17.6 Å². The van der Waals surface area contributed by atoms with Crippen LogP contribution in [0, 0.1) is 6.92 Å². The van der Waals surface area contributed by atoms with Gasteiger partial charge in [-0.25, -0.2) is 0 Å². The van der Waals surface area contributed by atoms with Gasteiger partial charge in [0.1, 0.15) is 5.84 Å². The van der Waals surface area contributed by atoms with Crippen molar-refractivity contribution in [2.24, 2.45) is 10.9 Å². The van der Waals surface area contributed by atoms with Gasteiger partial charge in [-0.3, -0.25) is 0 Å². The number of aryl methyl sites for hydroxylation is 1. The molecule has 0 aliphatic rings. The summed E-state index contributed by atoms with van der Waals surface area (Å²) in [6, 6.07) is 8.44. The molecule has 1 aromatic carbocycles. The number of hydrogen-bond acceptors (Lipinski definition) is 3. The van der Waals surface area contributed by atoms with E-state index in [2.05, 4.69) is 41.7 Å². The highest BCUT2D eigenvalue weighted by atomic mass is 16.4. The third-order valence-corrected chi connectivity index (χ3v) is 2.36. The fraction of sp³-hybridized carbons (Fsp3) is 0.417. The first-order valence-corrected chi connectivity index (χ1v) is 5.45. The van der Waals surface area contributed by atoms with Gasteiger partial charge < -0.3 is 16.3 Å². The van der Waals surface area contributed by atoms with Crippen LogP contribution in [0.3, 0.4) is 0 Å². The molecule has 1 rings (SSSR count). The van der Waals surface area contributed by atoms with Crippen molar-refractivity contribution in [3.63, 3.8) is 0 Å². The highest BCUT2D eigenvalue weighted by Gasteiger charge is 1.94. The third kappa shape index (κ3) is 4.79. The molecule has 1 aromatic rings. The van der Waals surface area contributed by atoms with Crippen LogP contribution in [0.2, 0.25) is 0 Å². The van der Waals surface area contributed by atoms with E-state index in [1.54, 1.807) is 0 Å². The molecule has 0 bridgehead atoms. The second kappa shape index (κ2) is 6.85. The largest absolute Gasteiger partial charge is 0.409 e. The minimum atomic E-state index is 0.289. The van der Waals surface area contributed by atoms with Gasteiger partial charge in [-0.15, -0.1) is 0 Å². The summed E-state index contributed by atoms with van der Waals surface area (Å²) in [6.07, 6.45) is 1.50. The van der Waals surface area contributed by atoms with E-state index >= 15 is 0 Å². The molecular weight excluding hydrogens is 202 g/mol. The van der Waals surface area contributed by atoms with Crippen LogP contribution in [0.5, 0.6) is 0 Å². The van der Waals surface area contributed by atoms with Crippen molar-refractivity contribution in [2.75, 3.05) is 6.54 Å². The van der Waals surface area contributed by atoms with Crippen LogP contribution in [0.15, 0.2) is 29.4 Å². The molecule has 0 aliphatic heterocycles. The monoisotopic (exact) mass is 221 g/mol. The number of amidine groups is 1. The van der Waals surface area contributed by atoms with Gasteiger partial charge in [0.15, 0.2) is 0 Å². The second-order valence-electron chi connectivity index (χ2n) is 3.86. The molecule has 0 saturated heterocycles. The molecule has 0 aromatic heterocycles. The lowest BCUT2D eigenvalue weighted by Gasteiger charge is -2.04. The molecule has 4 N–H and O–H groups in total. The van der Waals surface area contributed by atoms with Crippen LogP contribution >= 0.6 is 0 Å². The quantitative estimate of drug-likeness (QED) is 0.225. The summed E-state index contributed by atoms with van der Waals surface area (Å²) >= 11 is 0. The Labute approximate surface area is 96.2 Å². The highest BCUT2D eigenvalue weighted by Crippen LogP contribution is 2.02. The molecule has 0 heterocycles. The van der Waals surface area contributed by atoms with Gasteiger partial charge >= 0.3 is 0 Å². The van der Waals surface area contributed by atoms with Crippen molar-refractivity contribution in [1.29, 1.82) is 0 Å². The Kier molecular flexibility index (Phi) is 5.36. The Morgan fingerprint density at radius 2 is 2.06 bits per heavy atom. The number of rotatable bonds is 6. The lowest BCUT2D eigenvalue weighted by atomic mass is 10.1. The third-order valence-electron chi connectivity index (χ3n) is 2.36. The number of nitrogens with one attached hydrogen (secondary N) is 1. The molecule has 0 fully saturated rings. The molecule has 0 atom stereocenters. The minimum absolute atomic E-state index is 0.289. The summed E-state index contributed by atoms with van der Waals surface area (Å²) < 4.78 is 0. The fourth-order valence-corrected chi connectivity index (χ4v) is 1.38. The summed E-state index contributed by atoms with van der Waals surface area (Å²) in [7, 11) is 0. The Hall–Kier alpha value is -1.55. The molecule has 0 radical (unpaired) electrons. The van der Waals surface area contributed by atoms with Gasteiger partial charge in [-0.1, -0.05) is 35.0 Å². The van der Waals surface area contributed by atoms with Gasteiger partial charge in [0.2, 0.25) is 0 Å². The maximum absolute atomic E-state index is 8.34. The van der Waals surface area contributed by atoms with Crippen LogP contribution < -0.4 is 11.1 Å². The van der Waals surface area contributed by atoms with Crippen molar-refractivity contribution in [1.82, 2.24) is 5.32 Å². The van der Waals surface area contributed by atoms with Crippen molar-refractivity contribution in [2.45, 2.75) is 26.3 Å². The number of oxime groups is 1. The predicted octanol–water partition coefficient (Wildman–Crippen LogP) is 1.61. The van der Waals surface area contributed by atoms with Crippen LogP contribution in [-0.2, 0) is 6.54 Å². The average Bonchev–Trinajstić information content (AvgIpc) is 2.31. The Morgan fingerprint density at radius 3 is 2.69 bits per heavy atom. The molecule has 16 heavy (non-hydrogen) atoms. The molecule has 0 saturated carbocycles. The van der Waals surface area contributed by atoms with E-state index < -0.39 is 0 Å². The van der Waals surface area contributed by atoms with E-state index in [0.29, 0.717) is 6.42 Å². The lowest BCUT2D eigenvalue weighted by molar-refractivity contribution is 0.316. The van der Waals surface area contributed by atoms with Crippen molar-refractivity contribution in [3.8, 4) is 0 Å². The Bertz CT molecular complexity index is 333. The summed E-state index contributed by atoms with van der Waals surface area (Å²) in [5.41, 5.74) is 7.90. The molecule has 4 nitrogen and oxygen atoms in total. The number of nitrogens with two attached hydrogens (primary N) is 1. The van der Waals surface area contributed by atoms with Crippen molar-refractivity contribution < 1.29 is 5.21 Å². The van der Waals surface area contributed by atoms with E-state index in [0.717, 1.165) is 19.5 Å².